The molecule has 9 aromatic rings. The quantitative estimate of drug-likeness (QED) is 0.143. The highest BCUT2D eigenvalue weighted by Crippen LogP contribution is 2.48. The molecule has 2 fully saturated rings. The van der Waals surface area contributed by atoms with Gasteiger partial charge in [0.05, 0.1) is 41.2 Å². The van der Waals surface area contributed by atoms with Gasteiger partial charge in [0.1, 0.15) is 27.0 Å². The predicted octanol–water partition coefficient (Wildman–Crippen LogP) is 14.0. The number of methoxy groups -OCH3 is 1. The van der Waals surface area contributed by atoms with Gasteiger partial charge in [-0.2, -0.15) is 0 Å². The van der Waals surface area contributed by atoms with Gasteiger partial charge in [-0.15, -0.1) is 0 Å². The number of imidazole rings is 2. The van der Waals surface area contributed by atoms with Gasteiger partial charge in [-0.1, -0.05) is 97.9 Å². The highest BCUT2D eigenvalue weighted by Gasteiger charge is 2.36. The normalized spacial score (nSPS) is 15.2. The Morgan fingerprint density at radius 1 is 0.603 bits per heavy atom. The van der Waals surface area contributed by atoms with E-state index in [2.05, 4.69) is 145 Å². The van der Waals surface area contributed by atoms with Crippen LogP contribution in [0.4, 0.5) is 23.0 Å². The summed E-state index contributed by atoms with van der Waals surface area (Å²) in [6.45, 7) is 2.37. The number of fused-ring (bicyclic) bond motifs is 10. The molecular weight excluding hydrogens is 927 g/mol. The standard InChI is InChI=1S/C31H27N5OS.C25H21BrN4/c1-37-22-13-15-23(16-14-22)38-30-27(20-9-11-21(12-10-20)31(32)17-5-18-31)36-26-8-4-19-33-28(26)34-25-7-3-2-6-24(25)29(36)35-30;1-25(13-5-14-25)17-11-9-16(10-12-17)21-22(26)29-24-18-6-2-3-7-19(18)28-23-20(30(21)24)8-4-15-27-23/h2-4,6-16,19H,5,17-18,32H2,1H3,(H,33,34);2-4,6-12,15H,5,13-14H2,1H3,(H,27,28). The molecule has 0 atom stereocenters. The zero-order valence-electron chi connectivity index (χ0n) is 37.7. The molecule has 0 radical (unpaired) electrons. The molecule has 6 heterocycles. The second-order valence-electron chi connectivity index (χ2n) is 18.3. The molecule has 0 spiro atoms. The number of halogens is 1. The largest absolute Gasteiger partial charge is 0.497 e. The number of ether oxygens (including phenoxy) is 1. The Bertz CT molecular complexity index is 3360. The number of aromatic nitrogens is 6. The van der Waals surface area contributed by atoms with Crippen molar-refractivity contribution in [2.75, 3.05) is 17.7 Å². The third kappa shape index (κ3) is 7.29. The van der Waals surface area contributed by atoms with E-state index < -0.39 is 0 Å². The number of benzene rings is 5. The summed E-state index contributed by atoms with van der Waals surface area (Å²) in [5.74, 6) is 4.24. The Kier molecular flexibility index (Phi) is 10.6. The first-order valence-corrected chi connectivity index (χ1v) is 24.8. The van der Waals surface area contributed by atoms with Crippen molar-refractivity contribution in [2.45, 2.75) is 66.3 Å². The number of nitrogens with two attached hydrogens (primary N) is 1. The highest BCUT2D eigenvalue weighted by atomic mass is 79.9. The van der Waals surface area contributed by atoms with Crippen LogP contribution < -0.4 is 21.1 Å². The molecular formula is C56H48BrN9OS. The van der Waals surface area contributed by atoms with E-state index in [1.54, 1.807) is 18.9 Å². The molecule has 4 N–H and O–H groups in total. The summed E-state index contributed by atoms with van der Waals surface area (Å²) in [7, 11) is 1.68. The van der Waals surface area contributed by atoms with Gasteiger partial charge in [0, 0.05) is 45.1 Å². The fourth-order valence-electron chi connectivity index (χ4n) is 9.96. The number of nitrogens with one attached hydrogen (secondary N) is 2. The van der Waals surface area contributed by atoms with Crippen LogP contribution in [-0.2, 0) is 11.0 Å². The van der Waals surface area contributed by atoms with Crippen molar-refractivity contribution < 1.29 is 4.74 Å². The van der Waals surface area contributed by atoms with Crippen molar-refractivity contribution in [3.05, 3.63) is 174 Å². The average Bonchev–Trinajstić information content (AvgIpc) is 3.82. The van der Waals surface area contributed by atoms with Crippen LogP contribution in [0.3, 0.4) is 0 Å². The van der Waals surface area contributed by atoms with Crippen molar-refractivity contribution in [2.24, 2.45) is 5.73 Å². The number of nitrogens with zero attached hydrogens (tertiary/aromatic N) is 6. The number of hydrogen-bond donors (Lipinski definition) is 3. The van der Waals surface area contributed by atoms with Crippen molar-refractivity contribution in [1.82, 2.24) is 29.1 Å². The molecule has 68 heavy (non-hydrogen) atoms. The van der Waals surface area contributed by atoms with Crippen molar-refractivity contribution in [3.8, 4) is 62.4 Å². The monoisotopic (exact) mass is 973 g/mol. The van der Waals surface area contributed by atoms with Gasteiger partial charge >= 0.3 is 0 Å². The van der Waals surface area contributed by atoms with Crippen molar-refractivity contribution in [1.29, 1.82) is 0 Å². The second-order valence-corrected chi connectivity index (χ2v) is 20.1. The summed E-state index contributed by atoms with van der Waals surface area (Å²) >= 11 is 5.40. The summed E-state index contributed by atoms with van der Waals surface area (Å²) in [5.41, 5.74) is 19.7. The molecule has 0 saturated heterocycles. The van der Waals surface area contributed by atoms with Gasteiger partial charge in [-0.3, -0.25) is 9.13 Å². The fourth-order valence-corrected chi connectivity index (χ4v) is 11.5. The maximum absolute atomic E-state index is 6.65. The van der Waals surface area contributed by atoms with Gasteiger partial charge in [0.2, 0.25) is 0 Å². The SMILES string of the molecule is CC1(c2ccc(-c3c(Br)nc4n3-c3cccnc3Nc3ccccc3-4)cc2)CCC1.COc1ccc(Sc2nc3n(c2-c2ccc(C4(N)CCC4)cc2)-c2cccnc2Nc2ccccc2-3)cc1. The zero-order valence-corrected chi connectivity index (χ0v) is 40.1. The lowest BCUT2D eigenvalue weighted by Gasteiger charge is -2.39. The van der Waals surface area contributed by atoms with Crippen LogP contribution in [0.5, 0.6) is 5.75 Å². The third-order valence-corrected chi connectivity index (χ3v) is 15.7. The highest BCUT2D eigenvalue weighted by molar-refractivity contribution is 9.10. The number of pyridine rings is 2. The summed E-state index contributed by atoms with van der Waals surface area (Å²) in [5, 5.41) is 7.95. The van der Waals surface area contributed by atoms with Crippen LogP contribution in [0.25, 0.3) is 56.7 Å². The third-order valence-electron chi connectivity index (χ3n) is 14.1. The van der Waals surface area contributed by atoms with Crippen LogP contribution in [0.15, 0.2) is 173 Å². The molecule has 2 aliphatic heterocycles. The maximum atomic E-state index is 6.65. The number of para-hydroxylation sites is 2. The average molecular weight is 975 g/mol. The van der Waals surface area contributed by atoms with Crippen LogP contribution in [0.1, 0.15) is 56.6 Å². The van der Waals surface area contributed by atoms with Gasteiger partial charge in [-0.05, 0) is 137 Å². The fraction of sp³-hybridized carbons (Fsp3) is 0.179. The molecule has 0 amide bonds. The lowest BCUT2D eigenvalue weighted by molar-refractivity contribution is 0.253. The Labute approximate surface area is 408 Å². The first-order chi connectivity index (χ1) is 33.3. The van der Waals surface area contributed by atoms with Gasteiger partial charge in [-0.25, -0.2) is 19.9 Å². The Hall–Kier alpha value is -6.99. The molecule has 4 aliphatic rings. The molecule has 0 unspecified atom stereocenters. The Balaban J connectivity index is 0.000000145. The summed E-state index contributed by atoms with van der Waals surface area (Å²) in [6.07, 6.45) is 10.8. The van der Waals surface area contributed by atoms with E-state index in [0.717, 1.165) is 113 Å². The summed E-state index contributed by atoms with van der Waals surface area (Å²) < 4.78 is 10.7. The van der Waals surface area contributed by atoms with E-state index in [9.17, 15) is 0 Å². The van der Waals surface area contributed by atoms with Crippen LogP contribution in [0, 0.1) is 0 Å². The van der Waals surface area contributed by atoms with E-state index in [1.165, 1.54) is 36.8 Å². The Morgan fingerprint density at radius 3 is 1.68 bits per heavy atom. The maximum Gasteiger partial charge on any atom is 0.154 e. The lowest BCUT2D eigenvalue weighted by atomic mass is 9.66. The van der Waals surface area contributed by atoms with Gasteiger partial charge in [0.25, 0.3) is 0 Å². The smallest absolute Gasteiger partial charge is 0.154 e. The molecule has 5 aromatic carbocycles. The number of anilines is 4. The minimum absolute atomic E-state index is 0.201. The number of rotatable bonds is 7. The minimum atomic E-state index is -0.201. The van der Waals surface area contributed by atoms with E-state index in [1.807, 2.05) is 60.9 Å². The lowest BCUT2D eigenvalue weighted by Crippen LogP contribution is -2.43. The summed E-state index contributed by atoms with van der Waals surface area (Å²) in [6, 6.07) is 50.5. The van der Waals surface area contributed by atoms with Gasteiger partial charge in [0.15, 0.2) is 11.6 Å². The topological polar surface area (TPSA) is 121 Å². The van der Waals surface area contributed by atoms with Crippen LogP contribution in [-0.4, -0.2) is 36.2 Å². The minimum Gasteiger partial charge on any atom is -0.497 e. The molecule has 4 aromatic heterocycles. The van der Waals surface area contributed by atoms with Crippen molar-refractivity contribution >= 4 is 50.7 Å². The van der Waals surface area contributed by atoms with Crippen LogP contribution >= 0.6 is 27.7 Å². The van der Waals surface area contributed by atoms with E-state index in [0.29, 0.717) is 5.41 Å². The molecule has 13 rings (SSSR count). The first-order valence-electron chi connectivity index (χ1n) is 23.1. The Morgan fingerprint density at radius 2 is 1.13 bits per heavy atom. The molecule has 2 aliphatic carbocycles. The molecule has 0 bridgehead atoms. The van der Waals surface area contributed by atoms with E-state index >= 15 is 0 Å². The predicted molar refractivity (Wildman–Crippen MR) is 277 cm³/mol. The second kappa shape index (κ2) is 17.0. The van der Waals surface area contributed by atoms with E-state index in [4.69, 9.17) is 25.4 Å². The number of hydrogen-bond acceptors (Lipinski definition) is 9. The van der Waals surface area contributed by atoms with E-state index in [-0.39, 0.29) is 5.54 Å². The first kappa shape index (κ1) is 42.4. The molecule has 2 saturated carbocycles. The molecule has 10 nitrogen and oxygen atoms in total. The van der Waals surface area contributed by atoms with Gasteiger partial charge < -0.3 is 21.1 Å². The molecule has 12 heteroatoms. The van der Waals surface area contributed by atoms with Crippen molar-refractivity contribution in [3.63, 3.8) is 0 Å². The zero-order chi connectivity index (χ0) is 46.0. The molecule has 336 valence electrons. The van der Waals surface area contributed by atoms with Crippen LogP contribution in [0.2, 0.25) is 0 Å². The summed E-state index contributed by atoms with van der Waals surface area (Å²) in [4.78, 5) is 20.6.